The normalized spacial score (nSPS) is 21.2. The number of thiazole rings is 3. The molecule has 27 nitrogen and oxygen atoms in total. The van der Waals surface area contributed by atoms with Gasteiger partial charge in [-0.15, -0.1) is 34.0 Å². The summed E-state index contributed by atoms with van der Waals surface area (Å²) in [6, 6.07) is 10.4. The molecule has 3 aromatic carbocycles. The number of ether oxygens (including phenoxy) is 6. The van der Waals surface area contributed by atoms with Crippen molar-refractivity contribution in [2.24, 2.45) is 32.7 Å². The Hall–Kier alpha value is -8.01. The molecule has 6 aliphatic rings. The highest BCUT2D eigenvalue weighted by Gasteiger charge is 2.41. The topological polar surface area (TPSA) is 340 Å². The van der Waals surface area contributed by atoms with Crippen molar-refractivity contribution < 1.29 is 85.7 Å². The van der Waals surface area contributed by atoms with Crippen LogP contribution in [0.4, 0.5) is 13.2 Å². The van der Waals surface area contributed by atoms with Gasteiger partial charge >= 0.3 is 35.8 Å². The number of hydrogen-bond acceptors (Lipinski definition) is 27. The molecule has 6 aliphatic heterocycles. The van der Waals surface area contributed by atoms with E-state index in [0.717, 1.165) is 0 Å². The molecular formula is C75H84Br3F3N12O15S3. The molecule has 0 aliphatic carbocycles. The Morgan fingerprint density at radius 2 is 0.946 bits per heavy atom. The van der Waals surface area contributed by atoms with Gasteiger partial charge in [-0.25, -0.2) is 42.5 Å². The number of rotatable bonds is 27. The highest BCUT2D eigenvalue weighted by Crippen LogP contribution is 2.41. The quantitative estimate of drug-likeness (QED) is 0.0206. The van der Waals surface area contributed by atoms with Gasteiger partial charge in [-0.3, -0.25) is 44.1 Å². The van der Waals surface area contributed by atoms with Crippen molar-refractivity contribution in [2.75, 3.05) is 98.6 Å². The predicted octanol–water partition coefficient (Wildman–Crippen LogP) is 11.3. The SMILES string of the molecule is CCOC(=O)C1=C(CN2CCOC[C@H]2CC(C)C(=O)O)NC(c2nccs2)=N[C@H]1c1ccc(F)cc1Br.CCOC(=O)C1=C(CN2CCO[C@@H](C(C)CC(=O)O)C2)NC(c2nccs2)=N[C@H]1c1ccc(F)cc1Br.CCOC(=O)C1=C(CN2CCO[C@@H](CC(C)C(=O)O)C2)NC(c2nccs2)=N[C@H]1c1ccc(F)cc1Br. The number of carboxylic acids is 3. The first-order valence-corrected chi connectivity index (χ1v) is 40.8. The van der Waals surface area contributed by atoms with Crippen LogP contribution < -0.4 is 16.0 Å². The molecular weight excluding hydrogens is 1700 g/mol. The molecule has 0 bridgehead atoms. The molecule has 0 spiro atoms. The lowest BCUT2D eigenvalue weighted by atomic mass is 9.94. The smallest absolute Gasteiger partial charge is 0.338 e. The predicted molar refractivity (Wildman–Crippen MR) is 420 cm³/mol. The molecule has 3 aromatic heterocycles. The van der Waals surface area contributed by atoms with Crippen molar-refractivity contribution in [1.82, 2.24) is 45.6 Å². The second kappa shape index (κ2) is 40.6. The number of benzene rings is 3. The molecule has 0 radical (unpaired) electrons. The Balaban J connectivity index is 0.000000177. The molecule has 594 valence electrons. The van der Waals surface area contributed by atoms with Crippen molar-refractivity contribution in [3.05, 3.63) is 186 Å². The number of aliphatic carboxylic acids is 3. The zero-order chi connectivity index (χ0) is 79.6. The second-order valence-corrected chi connectivity index (χ2v) is 31.7. The molecule has 3 saturated heterocycles. The molecule has 9 atom stereocenters. The van der Waals surface area contributed by atoms with Crippen molar-refractivity contribution in [1.29, 1.82) is 0 Å². The third-order valence-corrected chi connectivity index (χ3v) is 23.0. The van der Waals surface area contributed by atoms with Crippen LogP contribution in [0.25, 0.3) is 0 Å². The number of aromatic nitrogens is 3. The number of aliphatic imine (C=N–C) groups is 3. The summed E-state index contributed by atoms with van der Waals surface area (Å²) in [5.41, 5.74) is 4.60. The fraction of sp³-hybridized carbons (Fsp3) is 0.440. The number of halogens is 6. The number of carbonyl (C=O) groups excluding carboxylic acids is 3. The lowest BCUT2D eigenvalue weighted by Crippen LogP contribution is -2.49. The molecule has 36 heteroatoms. The number of carboxylic acid groups (broad SMARTS) is 3. The number of morpholine rings is 3. The molecule has 3 fully saturated rings. The van der Waals surface area contributed by atoms with E-state index < -0.39 is 83.2 Å². The van der Waals surface area contributed by atoms with Gasteiger partial charge in [-0.1, -0.05) is 86.8 Å². The van der Waals surface area contributed by atoms with E-state index in [1.165, 1.54) is 70.4 Å². The van der Waals surface area contributed by atoms with E-state index in [2.05, 4.69) is 93.4 Å². The summed E-state index contributed by atoms with van der Waals surface area (Å²) in [7, 11) is 0. The Bertz CT molecular complexity index is 4500. The highest BCUT2D eigenvalue weighted by molar-refractivity contribution is 9.11. The lowest BCUT2D eigenvalue weighted by Gasteiger charge is -2.38. The average molecular weight is 1790 g/mol. The first kappa shape index (κ1) is 85.4. The molecule has 12 rings (SSSR count). The number of nitrogens with one attached hydrogen (secondary N) is 3. The molecule has 6 aromatic rings. The highest BCUT2D eigenvalue weighted by atomic mass is 79.9. The third kappa shape index (κ3) is 22.7. The summed E-state index contributed by atoms with van der Waals surface area (Å²) >= 11 is 14.5. The summed E-state index contributed by atoms with van der Waals surface area (Å²) in [5.74, 6) is -5.17. The molecule has 9 heterocycles. The molecule has 111 heavy (non-hydrogen) atoms. The summed E-state index contributed by atoms with van der Waals surface area (Å²) in [5, 5.41) is 45.3. The molecule has 0 saturated carbocycles. The minimum Gasteiger partial charge on any atom is -0.481 e. The molecule has 3 unspecified atom stereocenters. The van der Waals surface area contributed by atoms with Gasteiger partial charge in [0.25, 0.3) is 0 Å². The number of amidine groups is 3. The number of esters is 3. The summed E-state index contributed by atoms with van der Waals surface area (Å²) in [6.07, 6.45) is 5.31. The standard InChI is InChI=1S/3C25H28BrFN4O5S/c1-3-36-25(34)20-19(12-31-7-8-35-13-16(31)10-14(2)24(32)33)29-22(23-28-6-9-37-23)30-21(20)17-5-4-15(27)11-18(17)26;1-3-35-25(34)20-19(13-31-7-8-36-16(12-31)10-14(2)24(32)33)29-22(23-28-6-9-37-23)30-21(20)17-5-4-15(27)11-18(17)26;1-3-35-25(34)21-18(12-31-7-8-36-19(13-31)14(2)10-20(32)33)29-23(24-28-6-9-37-24)30-22(21)16-5-4-15(27)11-17(16)26/h2*4-6,9,11,14,16,21H,3,7-8,10,12-13H2,1-2H3,(H,29,30)(H,32,33);4-6,9,11,14,19,22H,3,7-8,10,12-13H2,1-2H3,(H,29,30)(H,32,33)/t14?,16-,21+;14?,16-,21-;14?,19-,22+/m101/s1. The Kier molecular flexibility index (Phi) is 31.3. The summed E-state index contributed by atoms with van der Waals surface area (Å²) in [6.45, 7) is 16.5. The zero-order valence-electron chi connectivity index (χ0n) is 61.3. The van der Waals surface area contributed by atoms with Gasteiger partial charge in [-0.05, 0) is 92.6 Å². The number of nitrogens with zero attached hydrogens (tertiary/aromatic N) is 9. The van der Waals surface area contributed by atoms with E-state index in [1.807, 2.05) is 23.1 Å². The maximum absolute atomic E-state index is 13.9. The summed E-state index contributed by atoms with van der Waals surface area (Å²) < 4.78 is 76.8. The average Bonchev–Trinajstić information content (AvgIpc) is 1.78. The fourth-order valence-electron chi connectivity index (χ4n) is 13.2. The van der Waals surface area contributed by atoms with Crippen LogP contribution in [-0.2, 0) is 57.2 Å². The Morgan fingerprint density at radius 3 is 1.32 bits per heavy atom. The van der Waals surface area contributed by atoms with E-state index in [9.17, 15) is 57.3 Å². The van der Waals surface area contributed by atoms with Crippen molar-refractivity contribution in [2.45, 2.75) is 97.2 Å². The minimum atomic E-state index is -0.869. The maximum atomic E-state index is 13.9. The van der Waals surface area contributed by atoms with E-state index in [1.54, 1.807) is 71.4 Å². The Morgan fingerprint density at radius 1 is 0.550 bits per heavy atom. The van der Waals surface area contributed by atoms with E-state index in [-0.39, 0.29) is 50.4 Å². The van der Waals surface area contributed by atoms with Crippen LogP contribution in [0.15, 0.2) is 152 Å². The van der Waals surface area contributed by atoms with Gasteiger partial charge in [0.15, 0.2) is 32.5 Å². The molecule has 0 amide bonds. The largest absolute Gasteiger partial charge is 0.481 e. The van der Waals surface area contributed by atoms with Gasteiger partial charge < -0.3 is 59.7 Å². The zero-order valence-corrected chi connectivity index (χ0v) is 68.5. The fourth-order valence-corrected chi connectivity index (χ4v) is 16.6. The van der Waals surface area contributed by atoms with E-state index >= 15 is 0 Å². The first-order chi connectivity index (χ1) is 53.3. The first-order valence-electron chi connectivity index (χ1n) is 35.8. The minimum absolute atomic E-state index is 0.00898. The number of hydrogen-bond donors (Lipinski definition) is 6. The second-order valence-electron chi connectivity index (χ2n) is 26.5. The maximum Gasteiger partial charge on any atom is 0.338 e. The van der Waals surface area contributed by atoms with E-state index in [4.69, 9.17) is 43.4 Å². The van der Waals surface area contributed by atoms with Crippen LogP contribution in [0.3, 0.4) is 0 Å². The lowest BCUT2D eigenvalue weighted by molar-refractivity contribution is -0.143. The van der Waals surface area contributed by atoms with Crippen molar-refractivity contribution in [3.8, 4) is 0 Å². The van der Waals surface area contributed by atoms with Gasteiger partial charge in [-0.2, -0.15) is 0 Å². The van der Waals surface area contributed by atoms with Gasteiger partial charge in [0.05, 0.1) is 93.4 Å². The molecule has 6 N–H and O–H groups in total. The van der Waals surface area contributed by atoms with Crippen LogP contribution in [0.2, 0.25) is 0 Å². The van der Waals surface area contributed by atoms with Gasteiger partial charge in [0.2, 0.25) is 0 Å². The monoisotopic (exact) mass is 1780 g/mol. The van der Waals surface area contributed by atoms with Crippen LogP contribution in [-0.4, -0.2) is 215 Å². The summed E-state index contributed by atoms with van der Waals surface area (Å²) in [4.78, 5) is 108. The van der Waals surface area contributed by atoms with Crippen molar-refractivity contribution >= 4 is 135 Å². The van der Waals surface area contributed by atoms with E-state index in [0.29, 0.717) is 188 Å². The van der Waals surface area contributed by atoms with Gasteiger partial charge in [0.1, 0.15) is 35.6 Å². The third-order valence-electron chi connectivity index (χ3n) is 18.6. The van der Waals surface area contributed by atoms with Crippen LogP contribution in [0.5, 0.6) is 0 Å². The van der Waals surface area contributed by atoms with Crippen LogP contribution in [0.1, 0.15) is 111 Å². The van der Waals surface area contributed by atoms with Crippen molar-refractivity contribution in [3.63, 3.8) is 0 Å². The van der Waals surface area contributed by atoms with Crippen LogP contribution in [0, 0.1) is 35.2 Å². The van der Waals surface area contributed by atoms with Gasteiger partial charge in [0, 0.05) is 124 Å². The Labute approximate surface area is 675 Å². The van der Waals surface area contributed by atoms with Crippen LogP contribution >= 0.6 is 81.8 Å². The number of carbonyl (C=O) groups is 6.